The van der Waals surface area contributed by atoms with E-state index in [-0.39, 0.29) is 17.3 Å². The van der Waals surface area contributed by atoms with E-state index in [0.717, 1.165) is 0 Å². The molecule has 102 valence electrons. The molecule has 2 rings (SSSR count). The van der Waals surface area contributed by atoms with Crippen molar-refractivity contribution in [2.24, 2.45) is 0 Å². The first-order valence-corrected chi connectivity index (χ1v) is 6.16. The Morgan fingerprint density at radius 1 is 0.950 bits per heavy atom. The van der Waals surface area contributed by atoms with E-state index in [1.54, 1.807) is 24.3 Å². The first kappa shape index (κ1) is 13.9. The molecule has 0 bridgehead atoms. The molecule has 0 aliphatic heterocycles. The third kappa shape index (κ3) is 3.09. The van der Waals surface area contributed by atoms with Gasteiger partial charge in [0.2, 0.25) is 0 Å². The highest BCUT2D eigenvalue weighted by molar-refractivity contribution is 5.96. The number of Topliss-reactive ketones (excluding diaryl/α,β-unsaturated/α-hetero) is 2. The third-order valence-corrected chi connectivity index (χ3v) is 2.92. The molecule has 3 nitrogen and oxygen atoms in total. The summed E-state index contributed by atoms with van der Waals surface area (Å²) in [5, 5.41) is 2.88. The second-order valence-corrected chi connectivity index (χ2v) is 4.51. The van der Waals surface area contributed by atoms with Crippen LogP contribution in [0.3, 0.4) is 0 Å². The summed E-state index contributed by atoms with van der Waals surface area (Å²) in [4.78, 5) is 22.6. The minimum absolute atomic E-state index is 0.0633. The van der Waals surface area contributed by atoms with Crippen molar-refractivity contribution in [2.75, 3.05) is 5.32 Å². The molecule has 0 unspecified atom stereocenters. The molecule has 0 aliphatic rings. The number of rotatable bonds is 4. The van der Waals surface area contributed by atoms with E-state index >= 15 is 0 Å². The molecule has 0 radical (unpaired) electrons. The SMILES string of the molecule is CC(=O)c1cccc(Nc2cc(C(C)=O)ccc2F)c1. The topological polar surface area (TPSA) is 46.2 Å². The molecule has 0 aliphatic carbocycles. The minimum Gasteiger partial charge on any atom is -0.353 e. The van der Waals surface area contributed by atoms with Gasteiger partial charge in [0.05, 0.1) is 5.69 Å². The lowest BCUT2D eigenvalue weighted by Gasteiger charge is -2.09. The highest BCUT2D eigenvalue weighted by Gasteiger charge is 2.07. The Balaban J connectivity index is 2.34. The van der Waals surface area contributed by atoms with Gasteiger partial charge in [-0.25, -0.2) is 4.39 Å². The van der Waals surface area contributed by atoms with Crippen LogP contribution in [0.5, 0.6) is 0 Å². The summed E-state index contributed by atoms with van der Waals surface area (Å²) in [5.74, 6) is -0.652. The molecule has 4 heteroatoms. The average molecular weight is 271 g/mol. The van der Waals surface area contributed by atoms with Gasteiger partial charge in [0, 0.05) is 16.8 Å². The monoisotopic (exact) mass is 271 g/mol. The second kappa shape index (κ2) is 5.65. The molecular formula is C16H14FNO2. The van der Waals surface area contributed by atoms with Crippen LogP contribution in [0.4, 0.5) is 15.8 Å². The van der Waals surface area contributed by atoms with Crippen molar-refractivity contribution in [2.45, 2.75) is 13.8 Å². The Labute approximate surface area is 116 Å². The van der Waals surface area contributed by atoms with Crippen molar-refractivity contribution >= 4 is 22.9 Å². The number of carbonyl (C=O) groups is 2. The Kier molecular flexibility index (Phi) is 3.94. The van der Waals surface area contributed by atoms with Crippen LogP contribution in [0.1, 0.15) is 34.6 Å². The first-order chi connectivity index (χ1) is 9.47. The minimum atomic E-state index is -0.455. The van der Waals surface area contributed by atoms with E-state index in [9.17, 15) is 14.0 Å². The van der Waals surface area contributed by atoms with Crippen LogP contribution < -0.4 is 5.32 Å². The molecule has 0 atom stereocenters. The van der Waals surface area contributed by atoms with E-state index in [4.69, 9.17) is 0 Å². The van der Waals surface area contributed by atoms with Crippen molar-refractivity contribution in [1.82, 2.24) is 0 Å². The van der Waals surface area contributed by atoms with E-state index in [1.165, 1.54) is 32.0 Å². The summed E-state index contributed by atoms with van der Waals surface area (Å²) < 4.78 is 13.7. The molecule has 0 saturated heterocycles. The lowest BCUT2D eigenvalue weighted by atomic mass is 10.1. The van der Waals surface area contributed by atoms with Gasteiger partial charge in [0.1, 0.15) is 5.82 Å². The predicted octanol–water partition coefficient (Wildman–Crippen LogP) is 3.97. The maximum absolute atomic E-state index is 13.7. The zero-order chi connectivity index (χ0) is 14.7. The van der Waals surface area contributed by atoms with Crippen LogP contribution in [0.15, 0.2) is 42.5 Å². The van der Waals surface area contributed by atoms with E-state index in [2.05, 4.69) is 5.32 Å². The summed E-state index contributed by atoms with van der Waals surface area (Å²) in [6.07, 6.45) is 0. The highest BCUT2D eigenvalue weighted by Crippen LogP contribution is 2.22. The summed E-state index contributed by atoms with van der Waals surface area (Å²) in [7, 11) is 0. The van der Waals surface area contributed by atoms with E-state index in [0.29, 0.717) is 16.8 Å². The van der Waals surface area contributed by atoms with Crippen LogP contribution >= 0.6 is 0 Å². The van der Waals surface area contributed by atoms with Crippen molar-refractivity contribution in [3.63, 3.8) is 0 Å². The number of halogens is 1. The Morgan fingerprint density at radius 3 is 2.25 bits per heavy atom. The number of hydrogen-bond acceptors (Lipinski definition) is 3. The number of benzene rings is 2. The lowest BCUT2D eigenvalue weighted by Crippen LogP contribution is -1.99. The molecule has 20 heavy (non-hydrogen) atoms. The van der Waals surface area contributed by atoms with Gasteiger partial charge in [0.25, 0.3) is 0 Å². The maximum Gasteiger partial charge on any atom is 0.159 e. The number of ketones is 2. The summed E-state index contributed by atoms with van der Waals surface area (Å²) in [5.41, 5.74) is 1.77. The molecule has 0 amide bonds. The summed E-state index contributed by atoms with van der Waals surface area (Å²) in [6, 6.07) is 10.9. The van der Waals surface area contributed by atoms with Gasteiger partial charge < -0.3 is 5.32 Å². The van der Waals surface area contributed by atoms with Crippen molar-refractivity contribution in [1.29, 1.82) is 0 Å². The molecule has 0 heterocycles. The molecule has 0 spiro atoms. The van der Waals surface area contributed by atoms with Crippen LogP contribution in [-0.4, -0.2) is 11.6 Å². The third-order valence-electron chi connectivity index (χ3n) is 2.92. The Hall–Kier alpha value is -2.49. The molecule has 2 aromatic rings. The second-order valence-electron chi connectivity index (χ2n) is 4.51. The normalized spacial score (nSPS) is 10.2. The van der Waals surface area contributed by atoms with Gasteiger partial charge in [-0.3, -0.25) is 9.59 Å². The van der Waals surface area contributed by atoms with Gasteiger partial charge in [-0.05, 0) is 44.2 Å². The Morgan fingerprint density at radius 2 is 1.60 bits per heavy atom. The molecule has 0 saturated carbocycles. The Bertz CT molecular complexity index is 680. The molecular weight excluding hydrogens is 257 g/mol. The van der Waals surface area contributed by atoms with Crippen molar-refractivity contribution in [3.8, 4) is 0 Å². The fourth-order valence-electron chi connectivity index (χ4n) is 1.81. The highest BCUT2D eigenvalue weighted by atomic mass is 19.1. The molecule has 0 fully saturated rings. The number of hydrogen-bond donors (Lipinski definition) is 1. The van der Waals surface area contributed by atoms with Gasteiger partial charge in [-0.2, -0.15) is 0 Å². The predicted molar refractivity (Wildman–Crippen MR) is 76.1 cm³/mol. The fraction of sp³-hybridized carbons (Fsp3) is 0.125. The van der Waals surface area contributed by atoms with Gasteiger partial charge in [0.15, 0.2) is 11.6 Å². The van der Waals surface area contributed by atoms with Crippen LogP contribution in [0, 0.1) is 5.82 Å². The summed E-state index contributed by atoms with van der Waals surface area (Å²) in [6.45, 7) is 2.89. The van der Waals surface area contributed by atoms with Gasteiger partial charge >= 0.3 is 0 Å². The standard InChI is InChI=1S/C16H14FNO2/c1-10(19)12-4-3-5-14(8-12)18-16-9-13(11(2)20)6-7-15(16)17/h3-9,18H,1-2H3. The van der Waals surface area contributed by atoms with Crippen LogP contribution in [0.2, 0.25) is 0 Å². The zero-order valence-corrected chi connectivity index (χ0v) is 11.2. The smallest absolute Gasteiger partial charge is 0.159 e. The molecule has 0 aromatic heterocycles. The molecule has 2 aromatic carbocycles. The largest absolute Gasteiger partial charge is 0.353 e. The average Bonchev–Trinajstić information content (AvgIpc) is 2.41. The number of carbonyl (C=O) groups excluding carboxylic acids is 2. The van der Waals surface area contributed by atoms with E-state index < -0.39 is 5.82 Å². The van der Waals surface area contributed by atoms with Gasteiger partial charge in [-0.1, -0.05) is 12.1 Å². The molecule has 1 N–H and O–H groups in total. The quantitative estimate of drug-likeness (QED) is 0.856. The summed E-state index contributed by atoms with van der Waals surface area (Å²) >= 11 is 0. The zero-order valence-electron chi connectivity index (χ0n) is 11.2. The van der Waals surface area contributed by atoms with Crippen molar-refractivity contribution < 1.29 is 14.0 Å². The van der Waals surface area contributed by atoms with Crippen LogP contribution in [0.25, 0.3) is 0 Å². The van der Waals surface area contributed by atoms with Crippen LogP contribution in [-0.2, 0) is 0 Å². The number of anilines is 2. The lowest BCUT2D eigenvalue weighted by molar-refractivity contribution is 0.100. The van der Waals surface area contributed by atoms with Gasteiger partial charge in [-0.15, -0.1) is 0 Å². The van der Waals surface area contributed by atoms with Crippen molar-refractivity contribution in [3.05, 3.63) is 59.4 Å². The van der Waals surface area contributed by atoms with E-state index in [1.807, 2.05) is 0 Å². The number of nitrogens with one attached hydrogen (secondary N) is 1. The fourth-order valence-corrected chi connectivity index (χ4v) is 1.81. The maximum atomic E-state index is 13.7. The first-order valence-electron chi connectivity index (χ1n) is 6.16.